The van der Waals surface area contributed by atoms with Gasteiger partial charge in [0.25, 0.3) is 5.56 Å². The van der Waals surface area contributed by atoms with Gasteiger partial charge in [-0.1, -0.05) is 6.07 Å². The van der Waals surface area contributed by atoms with Gasteiger partial charge in [-0.15, -0.1) is 0 Å². The third kappa shape index (κ3) is 2.85. The van der Waals surface area contributed by atoms with E-state index in [1.165, 1.54) is 24.4 Å². The summed E-state index contributed by atoms with van der Waals surface area (Å²) in [6.45, 7) is 1.70. The van der Waals surface area contributed by atoms with Gasteiger partial charge in [0.05, 0.1) is 18.3 Å². The maximum Gasteiger partial charge on any atom is 0.335 e. The van der Waals surface area contributed by atoms with Crippen molar-refractivity contribution in [1.29, 1.82) is 0 Å². The highest BCUT2D eigenvalue weighted by Crippen LogP contribution is 2.11. The lowest BCUT2D eigenvalue weighted by Gasteiger charge is -2.06. The van der Waals surface area contributed by atoms with Crippen LogP contribution in [0.15, 0.2) is 35.3 Å². The number of halogens is 1. The summed E-state index contributed by atoms with van der Waals surface area (Å²) in [6.07, 6.45) is 1.50. The van der Waals surface area contributed by atoms with E-state index in [1.54, 1.807) is 6.92 Å². The van der Waals surface area contributed by atoms with E-state index in [9.17, 15) is 14.0 Å². The van der Waals surface area contributed by atoms with E-state index in [0.717, 1.165) is 16.3 Å². The van der Waals surface area contributed by atoms with Crippen molar-refractivity contribution >= 4 is 5.97 Å². The second-order valence-corrected chi connectivity index (χ2v) is 4.14. The molecule has 0 bridgehead atoms. The molecule has 6 heteroatoms. The molecule has 1 N–H and O–H groups in total. The maximum absolute atomic E-state index is 13.7. The van der Waals surface area contributed by atoms with Crippen LogP contribution >= 0.6 is 0 Å². The van der Waals surface area contributed by atoms with Crippen molar-refractivity contribution in [2.75, 3.05) is 0 Å². The summed E-state index contributed by atoms with van der Waals surface area (Å²) in [5, 5.41) is 12.6. The van der Waals surface area contributed by atoms with E-state index >= 15 is 0 Å². The molecule has 0 amide bonds. The monoisotopic (exact) mass is 262 g/mol. The SMILES string of the molecule is Cc1cnn(Cc2ccc(C(=O)O)cc2F)c(=O)c1. The molecular weight excluding hydrogens is 251 g/mol. The molecule has 2 rings (SSSR count). The summed E-state index contributed by atoms with van der Waals surface area (Å²) >= 11 is 0. The van der Waals surface area contributed by atoms with E-state index in [1.807, 2.05) is 0 Å². The van der Waals surface area contributed by atoms with Gasteiger partial charge in [-0.2, -0.15) is 5.10 Å². The quantitative estimate of drug-likeness (QED) is 0.908. The number of carboxylic acid groups (broad SMARTS) is 1. The third-order valence-corrected chi connectivity index (χ3v) is 2.63. The number of hydrogen-bond acceptors (Lipinski definition) is 3. The minimum atomic E-state index is -1.20. The largest absolute Gasteiger partial charge is 0.478 e. The summed E-state index contributed by atoms with van der Waals surface area (Å²) in [5.74, 6) is -1.87. The molecule has 0 aliphatic heterocycles. The number of rotatable bonds is 3. The van der Waals surface area contributed by atoms with Gasteiger partial charge in [-0.25, -0.2) is 13.9 Å². The Labute approximate surface area is 107 Å². The highest BCUT2D eigenvalue weighted by atomic mass is 19.1. The van der Waals surface area contributed by atoms with Crippen molar-refractivity contribution in [2.24, 2.45) is 0 Å². The summed E-state index contributed by atoms with van der Waals surface area (Å²) in [7, 11) is 0. The third-order valence-electron chi connectivity index (χ3n) is 2.63. The van der Waals surface area contributed by atoms with E-state index in [2.05, 4.69) is 5.10 Å². The van der Waals surface area contributed by atoms with Gasteiger partial charge in [0.15, 0.2) is 0 Å². The Morgan fingerprint density at radius 3 is 2.74 bits per heavy atom. The van der Waals surface area contributed by atoms with Gasteiger partial charge in [-0.05, 0) is 24.6 Å². The summed E-state index contributed by atoms with van der Waals surface area (Å²) < 4.78 is 14.8. The number of carbonyl (C=O) groups is 1. The molecule has 0 aliphatic carbocycles. The van der Waals surface area contributed by atoms with Crippen LogP contribution in [-0.4, -0.2) is 20.9 Å². The summed E-state index contributed by atoms with van der Waals surface area (Å²) in [4.78, 5) is 22.3. The summed E-state index contributed by atoms with van der Waals surface area (Å²) in [6, 6.07) is 4.96. The van der Waals surface area contributed by atoms with E-state index in [4.69, 9.17) is 5.11 Å². The molecule has 0 unspecified atom stereocenters. The highest BCUT2D eigenvalue weighted by molar-refractivity contribution is 5.87. The molecule has 1 aromatic heterocycles. The van der Waals surface area contributed by atoms with Crippen LogP contribution in [0.2, 0.25) is 0 Å². The second kappa shape index (κ2) is 5.01. The Morgan fingerprint density at radius 1 is 1.42 bits per heavy atom. The van der Waals surface area contributed by atoms with E-state index in [0.29, 0.717) is 0 Å². The number of nitrogens with zero attached hydrogens (tertiary/aromatic N) is 2. The fraction of sp³-hybridized carbons (Fsp3) is 0.154. The first-order chi connectivity index (χ1) is 8.97. The number of aryl methyl sites for hydroxylation is 1. The van der Waals surface area contributed by atoms with Crippen molar-refractivity contribution < 1.29 is 14.3 Å². The van der Waals surface area contributed by atoms with Crippen LogP contribution in [0.4, 0.5) is 4.39 Å². The first-order valence-corrected chi connectivity index (χ1v) is 5.53. The number of benzene rings is 1. The van der Waals surface area contributed by atoms with Gasteiger partial charge in [0.2, 0.25) is 0 Å². The van der Waals surface area contributed by atoms with E-state index in [-0.39, 0.29) is 23.2 Å². The fourth-order valence-corrected chi connectivity index (χ4v) is 1.61. The number of carboxylic acids is 1. The average molecular weight is 262 g/mol. The molecule has 0 atom stereocenters. The first kappa shape index (κ1) is 12.9. The van der Waals surface area contributed by atoms with Crippen molar-refractivity contribution in [3.8, 4) is 0 Å². The fourth-order valence-electron chi connectivity index (χ4n) is 1.61. The molecule has 0 fully saturated rings. The molecule has 0 aliphatic rings. The van der Waals surface area contributed by atoms with Crippen molar-refractivity contribution in [2.45, 2.75) is 13.5 Å². The zero-order valence-corrected chi connectivity index (χ0v) is 10.1. The number of aromatic carboxylic acids is 1. The number of aromatic nitrogens is 2. The highest BCUT2D eigenvalue weighted by Gasteiger charge is 2.09. The van der Waals surface area contributed by atoms with Crippen LogP contribution in [0.5, 0.6) is 0 Å². The van der Waals surface area contributed by atoms with Crippen LogP contribution in [-0.2, 0) is 6.54 Å². The maximum atomic E-state index is 13.7. The molecule has 5 nitrogen and oxygen atoms in total. The molecule has 0 saturated heterocycles. The van der Waals surface area contributed by atoms with Gasteiger partial charge >= 0.3 is 5.97 Å². The Bertz CT molecular complexity index is 695. The minimum absolute atomic E-state index is 0.0369. The van der Waals surface area contributed by atoms with Gasteiger partial charge in [0, 0.05) is 11.6 Å². The van der Waals surface area contributed by atoms with Gasteiger partial charge in [0.1, 0.15) is 5.82 Å². The molecular formula is C13H11FN2O3. The van der Waals surface area contributed by atoms with E-state index < -0.39 is 11.8 Å². The predicted molar refractivity (Wildman–Crippen MR) is 65.7 cm³/mol. The zero-order chi connectivity index (χ0) is 14.0. The topological polar surface area (TPSA) is 72.2 Å². The standard InChI is InChI=1S/C13H11FN2O3/c1-8-4-12(17)16(15-6-8)7-10-3-2-9(13(18)19)5-11(10)14/h2-6H,7H2,1H3,(H,18,19). The van der Waals surface area contributed by atoms with Gasteiger partial charge < -0.3 is 5.11 Å². The lowest BCUT2D eigenvalue weighted by atomic mass is 10.1. The van der Waals surface area contributed by atoms with Crippen LogP contribution < -0.4 is 5.56 Å². The van der Waals surface area contributed by atoms with Crippen molar-refractivity contribution in [1.82, 2.24) is 9.78 Å². The lowest BCUT2D eigenvalue weighted by molar-refractivity contribution is 0.0696. The first-order valence-electron chi connectivity index (χ1n) is 5.53. The molecule has 1 aromatic carbocycles. The van der Waals surface area contributed by atoms with Crippen molar-refractivity contribution in [3.05, 3.63) is 63.3 Å². The lowest BCUT2D eigenvalue weighted by Crippen LogP contribution is -2.23. The minimum Gasteiger partial charge on any atom is -0.478 e. The Hall–Kier alpha value is -2.50. The summed E-state index contributed by atoms with van der Waals surface area (Å²) in [5.41, 5.74) is 0.471. The Kier molecular flexibility index (Phi) is 3.41. The molecule has 0 saturated carbocycles. The van der Waals surface area contributed by atoms with Crippen molar-refractivity contribution in [3.63, 3.8) is 0 Å². The van der Waals surface area contributed by atoms with Gasteiger partial charge in [-0.3, -0.25) is 4.79 Å². The van der Waals surface area contributed by atoms with Crippen LogP contribution in [0.1, 0.15) is 21.5 Å². The number of hydrogen-bond donors (Lipinski definition) is 1. The normalized spacial score (nSPS) is 10.4. The Morgan fingerprint density at radius 2 is 2.16 bits per heavy atom. The smallest absolute Gasteiger partial charge is 0.335 e. The van der Waals surface area contributed by atoms with Crippen LogP contribution in [0.25, 0.3) is 0 Å². The zero-order valence-electron chi connectivity index (χ0n) is 10.1. The molecule has 98 valence electrons. The average Bonchev–Trinajstić information content (AvgIpc) is 2.34. The molecule has 19 heavy (non-hydrogen) atoms. The van der Waals surface area contributed by atoms with Crippen LogP contribution in [0, 0.1) is 12.7 Å². The Balaban J connectivity index is 2.33. The molecule has 0 spiro atoms. The second-order valence-electron chi connectivity index (χ2n) is 4.14. The molecule has 2 aromatic rings. The predicted octanol–water partition coefficient (Wildman–Crippen LogP) is 1.44. The van der Waals surface area contributed by atoms with Crippen LogP contribution in [0.3, 0.4) is 0 Å². The molecule has 1 heterocycles. The molecule has 0 radical (unpaired) electrons.